The third kappa shape index (κ3) is 3.62. The number of amidine groups is 1. The van der Waals surface area contributed by atoms with Crippen LogP contribution in [0.4, 0.5) is 5.69 Å². The van der Waals surface area contributed by atoms with Crippen LogP contribution >= 0.6 is 11.3 Å². The highest BCUT2D eigenvalue weighted by atomic mass is 32.1. The zero-order valence-electron chi connectivity index (χ0n) is 12.0. The van der Waals surface area contributed by atoms with Crippen molar-refractivity contribution in [1.82, 2.24) is 5.32 Å². The van der Waals surface area contributed by atoms with Gasteiger partial charge in [0.25, 0.3) is 0 Å². The zero-order valence-corrected chi connectivity index (χ0v) is 12.8. The second-order valence-corrected chi connectivity index (χ2v) is 6.11. The maximum atomic E-state index is 8.09. The third-order valence-electron chi connectivity index (χ3n) is 3.48. The molecule has 1 aromatic heterocycles. The third-order valence-corrected chi connectivity index (χ3v) is 4.36. The van der Waals surface area contributed by atoms with E-state index < -0.39 is 0 Å². The van der Waals surface area contributed by atoms with Crippen LogP contribution in [0.1, 0.15) is 23.3 Å². The molecule has 2 aromatic rings. The van der Waals surface area contributed by atoms with Crippen LogP contribution in [0.3, 0.4) is 0 Å². The first-order valence-electron chi connectivity index (χ1n) is 7.06. The molecule has 0 aliphatic heterocycles. The molecule has 4 nitrogen and oxygen atoms in total. The first-order chi connectivity index (χ1) is 10.3. The highest BCUT2D eigenvalue weighted by Gasteiger charge is 2.20. The van der Waals surface area contributed by atoms with Crippen molar-refractivity contribution in [2.24, 2.45) is 0 Å². The molecule has 1 fully saturated rings. The van der Waals surface area contributed by atoms with Gasteiger partial charge in [0.15, 0.2) is 0 Å². The van der Waals surface area contributed by atoms with Crippen molar-refractivity contribution in [3.05, 3.63) is 46.2 Å². The number of nitrogens with one attached hydrogen (secondary N) is 3. The summed E-state index contributed by atoms with van der Waals surface area (Å²) in [7, 11) is 1.69. The van der Waals surface area contributed by atoms with Gasteiger partial charge in [0.05, 0.1) is 12.0 Å². The molecule has 0 saturated heterocycles. The molecule has 1 aliphatic rings. The van der Waals surface area contributed by atoms with Crippen LogP contribution in [-0.2, 0) is 6.54 Å². The first-order valence-corrected chi connectivity index (χ1v) is 7.94. The second-order valence-electron chi connectivity index (χ2n) is 5.16. The Morgan fingerprint density at radius 3 is 2.90 bits per heavy atom. The van der Waals surface area contributed by atoms with Gasteiger partial charge < -0.3 is 15.4 Å². The quantitative estimate of drug-likeness (QED) is 0.566. The summed E-state index contributed by atoms with van der Waals surface area (Å²) in [6.07, 6.45) is 2.53. The molecule has 0 radical (unpaired) electrons. The number of hydrogen-bond donors (Lipinski definition) is 3. The van der Waals surface area contributed by atoms with E-state index in [1.807, 2.05) is 29.6 Å². The van der Waals surface area contributed by atoms with E-state index in [1.165, 1.54) is 12.8 Å². The summed E-state index contributed by atoms with van der Waals surface area (Å²) in [6, 6.07) is 10.5. The minimum absolute atomic E-state index is 0.427. The van der Waals surface area contributed by atoms with Crippen LogP contribution in [0.5, 0.6) is 5.75 Å². The van der Waals surface area contributed by atoms with Gasteiger partial charge in [-0.3, -0.25) is 5.41 Å². The van der Waals surface area contributed by atoms with E-state index in [1.54, 1.807) is 18.4 Å². The van der Waals surface area contributed by atoms with Crippen LogP contribution in [0.15, 0.2) is 35.7 Å². The molecule has 3 rings (SSSR count). The summed E-state index contributed by atoms with van der Waals surface area (Å²) >= 11 is 1.56. The van der Waals surface area contributed by atoms with Gasteiger partial charge >= 0.3 is 0 Å². The van der Waals surface area contributed by atoms with Crippen molar-refractivity contribution in [2.45, 2.75) is 25.4 Å². The Hall–Kier alpha value is -1.85. The van der Waals surface area contributed by atoms with E-state index in [9.17, 15) is 0 Å². The normalized spacial score (nSPS) is 14.0. The maximum absolute atomic E-state index is 8.09. The Balaban J connectivity index is 1.72. The second kappa shape index (κ2) is 6.28. The van der Waals surface area contributed by atoms with Crippen molar-refractivity contribution >= 4 is 22.9 Å². The molecule has 3 N–H and O–H groups in total. The highest BCUT2D eigenvalue weighted by Crippen LogP contribution is 2.25. The molecule has 0 amide bonds. The summed E-state index contributed by atoms with van der Waals surface area (Å²) in [5, 5.41) is 16.7. The highest BCUT2D eigenvalue weighted by molar-refractivity contribution is 7.12. The predicted molar refractivity (Wildman–Crippen MR) is 87.6 cm³/mol. The monoisotopic (exact) mass is 301 g/mol. The Morgan fingerprint density at radius 1 is 1.38 bits per heavy atom. The van der Waals surface area contributed by atoms with Crippen molar-refractivity contribution in [1.29, 1.82) is 5.41 Å². The smallest absolute Gasteiger partial charge is 0.140 e. The predicted octanol–water partition coefficient (Wildman–Crippen LogP) is 3.45. The zero-order chi connectivity index (χ0) is 14.7. The lowest BCUT2D eigenvalue weighted by Crippen LogP contribution is -2.16. The van der Waals surface area contributed by atoms with Gasteiger partial charge in [0, 0.05) is 23.8 Å². The number of benzene rings is 1. The number of thiophene rings is 1. The standard InChI is InChI=1S/C16H19N3OS/c1-20-14-7-6-13(9-11(14)10-18-12-4-5-12)19-16(17)15-3-2-8-21-15/h2-3,6-9,12,18H,4-5,10H2,1H3,(H2,17,19). The van der Waals surface area contributed by atoms with Crippen LogP contribution < -0.4 is 15.4 Å². The fourth-order valence-electron chi connectivity index (χ4n) is 2.16. The molecule has 0 unspecified atom stereocenters. The molecular formula is C16H19N3OS. The molecule has 1 saturated carbocycles. The van der Waals surface area contributed by atoms with Crippen molar-refractivity contribution in [3.8, 4) is 5.75 Å². The van der Waals surface area contributed by atoms with E-state index in [0.29, 0.717) is 11.9 Å². The topological polar surface area (TPSA) is 57.1 Å². The molecule has 0 bridgehead atoms. The van der Waals surface area contributed by atoms with Gasteiger partial charge in [-0.05, 0) is 42.5 Å². The summed E-state index contributed by atoms with van der Waals surface area (Å²) < 4.78 is 5.41. The van der Waals surface area contributed by atoms with Gasteiger partial charge in [-0.2, -0.15) is 0 Å². The van der Waals surface area contributed by atoms with E-state index >= 15 is 0 Å². The van der Waals surface area contributed by atoms with Crippen molar-refractivity contribution < 1.29 is 4.74 Å². The first kappa shape index (κ1) is 14.1. The van der Waals surface area contributed by atoms with Crippen molar-refractivity contribution in [3.63, 3.8) is 0 Å². The molecule has 21 heavy (non-hydrogen) atoms. The molecule has 5 heteroatoms. The average Bonchev–Trinajstić information content (AvgIpc) is 3.16. The number of hydrogen-bond acceptors (Lipinski definition) is 4. The summed E-state index contributed by atoms with van der Waals surface area (Å²) in [5.74, 6) is 1.31. The summed E-state index contributed by atoms with van der Waals surface area (Å²) in [5.41, 5.74) is 2.04. The number of ether oxygens (including phenoxy) is 1. The van der Waals surface area contributed by atoms with Crippen LogP contribution in [0.25, 0.3) is 0 Å². The molecule has 1 heterocycles. The Labute approximate surface area is 128 Å². The van der Waals surface area contributed by atoms with Gasteiger partial charge in [-0.1, -0.05) is 6.07 Å². The molecule has 1 aromatic carbocycles. The van der Waals surface area contributed by atoms with Crippen LogP contribution in [-0.4, -0.2) is 19.0 Å². The van der Waals surface area contributed by atoms with Crippen molar-refractivity contribution in [2.75, 3.05) is 12.4 Å². The van der Waals surface area contributed by atoms with Gasteiger partial charge in [-0.25, -0.2) is 0 Å². The number of rotatable bonds is 6. The minimum atomic E-state index is 0.427. The minimum Gasteiger partial charge on any atom is -0.496 e. The van der Waals surface area contributed by atoms with E-state index in [-0.39, 0.29) is 0 Å². The molecule has 0 spiro atoms. The maximum Gasteiger partial charge on any atom is 0.140 e. The Kier molecular flexibility index (Phi) is 4.22. The molecular weight excluding hydrogens is 282 g/mol. The fraction of sp³-hybridized carbons (Fsp3) is 0.312. The lowest BCUT2D eigenvalue weighted by Gasteiger charge is -2.13. The van der Waals surface area contributed by atoms with E-state index in [4.69, 9.17) is 10.1 Å². The fourth-order valence-corrected chi connectivity index (χ4v) is 2.79. The SMILES string of the molecule is COc1ccc(NC(=N)c2cccs2)cc1CNC1CC1. The summed E-state index contributed by atoms with van der Waals surface area (Å²) in [4.78, 5) is 0.934. The number of methoxy groups -OCH3 is 1. The Bertz CT molecular complexity index is 620. The molecule has 1 aliphatic carbocycles. The average molecular weight is 301 g/mol. The van der Waals surface area contributed by atoms with E-state index in [2.05, 4.69) is 16.7 Å². The lowest BCUT2D eigenvalue weighted by molar-refractivity contribution is 0.407. The largest absolute Gasteiger partial charge is 0.496 e. The van der Waals surface area contributed by atoms with E-state index in [0.717, 1.165) is 28.4 Å². The molecule has 0 atom stereocenters. The Morgan fingerprint density at radius 2 is 2.24 bits per heavy atom. The van der Waals surface area contributed by atoms with Crippen LogP contribution in [0.2, 0.25) is 0 Å². The van der Waals surface area contributed by atoms with Gasteiger partial charge in [0.2, 0.25) is 0 Å². The lowest BCUT2D eigenvalue weighted by atomic mass is 10.1. The van der Waals surface area contributed by atoms with Gasteiger partial charge in [0.1, 0.15) is 11.6 Å². The molecule has 110 valence electrons. The van der Waals surface area contributed by atoms with Crippen LogP contribution in [0, 0.1) is 5.41 Å². The summed E-state index contributed by atoms with van der Waals surface area (Å²) in [6.45, 7) is 0.801. The number of anilines is 1. The van der Waals surface area contributed by atoms with Gasteiger partial charge in [-0.15, -0.1) is 11.3 Å².